The summed E-state index contributed by atoms with van der Waals surface area (Å²) in [7, 11) is 3.26. The predicted molar refractivity (Wildman–Crippen MR) is 69.9 cm³/mol. The lowest BCUT2D eigenvalue weighted by atomic mass is 10.1. The van der Waals surface area contributed by atoms with Gasteiger partial charge in [-0.05, 0) is 34.1 Å². The van der Waals surface area contributed by atoms with E-state index in [9.17, 15) is 4.79 Å². The van der Waals surface area contributed by atoms with Crippen LogP contribution in [0.5, 0.6) is 5.75 Å². The van der Waals surface area contributed by atoms with Crippen molar-refractivity contribution in [1.82, 2.24) is 9.78 Å². The predicted octanol–water partition coefficient (Wildman–Crippen LogP) is 2.56. The van der Waals surface area contributed by atoms with Gasteiger partial charge in [-0.25, -0.2) is 4.79 Å². The van der Waals surface area contributed by atoms with Gasteiger partial charge >= 0.3 is 5.97 Å². The van der Waals surface area contributed by atoms with Crippen LogP contribution in [-0.4, -0.2) is 28.0 Å². The molecule has 6 heteroatoms. The molecule has 0 radical (unpaired) electrons. The van der Waals surface area contributed by atoms with Gasteiger partial charge in [-0.3, -0.25) is 4.68 Å². The number of aromatic carboxylic acids is 1. The summed E-state index contributed by atoms with van der Waals surface area (Å²) in [6, 6.07) is 5.33. The Morgan fingerprint density at radius 2 is 2.22 bits per heavy atom. The van der Waals surface area contributed by atoms with Crippen molar-refractivity contribution in [3.05, 3.63) is 34.4 Å². The van der Waals surface area contributed by atoms with Crippen molar-refractivity contribution in [2.45, 2.75) is 0 Å². The highest BCUT2D eigenvalue weighted by molar-refractivity contribution is 9.10. The molecule has 0 bridgehead atoms. The highest BCUT2D eigenvalue weighted by Crippen LogP contribution is 2.31. The third-order valence-corrected chi connectivity index (χ3v) is 3.10. The Kier molecular flexibility index (Phi) is 3.38. The molecular formula is C12H11BrN2O3. The molecule has 0 saturated heterocycles. The van der Waals surface area contributed by atoms with E-state index in [1.807, 2.05) is 0 Å². The molecule has 0 spiro atoms. The fourth-order valence-corrected chi connectivity index (χ4v) is 2.21. The molecule has 94 valence electrons. The molecule has 1 N–H and O–H groups in total. The van der Waals surface area contributed by atoms with Gasteiger partial charge in [0.1, 0.15) is 17.0 Å². The zero-order valence-electron chi connectivity index (χ0n) is 9.85. The summed E-state index contributed by atoms with van der Waals surface area (Å²) in [5.41, 5.74) is 1.34. The highest BCUT2D eigenvalue weighted by atomic mass is 79.9. The van der Waals surface area contributed by atoms with Crippen LogP contribution in [-0.2, 0) is 7.05 Å². The van der Waals surface area contributed by atoms with E-state index in [1.54, 1.807) is 32.4 Å². The summed E-state index contributed by atoms with van der Waals surface area (Å²) >= 11 is 3.37. The van der Waals surface area contributed by atoms with Gasteiger partial charge < -0.3 is 9.84 Å². The minimum absolute atomic E-state index is 0.176. The molecule has 1 aromatic carbocycles. The molecule has 0 atom stereocenters. The van der Waals surface area contributed by atoms with E-state index in [1.165, 1.54) is 10.9 Å². The van der Waals surface area contributed by atoms with Crippen LogP contribution in [0.25, 0.3) is 11.3 Å². The van der Waals surface area contributed by atoms with Gasteiger partial charge in [0.15, 0.2) is 0 Å². The zero-order chi connectivity index (χ0) is 13.3. The molecule has 2 aromatic rings. The average molecular weight is 311 g/mol. The average Bonchev–Trinajstić information content (AvgIpc) is 2.71. The van der Waals surface area contributed by atoms with E-state index >= 15 is 0 Å². The summed E-state index contributed by atoms with van der Waals surface area (Å²) < 4.78 is 7.37. The number of methoxy groups -OCH3 is 1. The summed E-state index contributed by atoms with van der Waals surface area (Å²) in [5.74, 6) is -0.309. The molecule has 0 amide bonds. The second-order valence-electron chi connectivity index (χ2n) is 3.72. The van der Waals surface area contributed by atoms with Crippen molar-refractivity contribution in [3.63, 3.8) is 0 Å². The van der Waals surface area contributed by atoms with Gasteiger partial charge in [-0.15, -0.1) is 0 Å². The van der Waals surface area contributed by atoms with Gasteiger partial charge in [0.25, 0.3) is 0 Å². The summed E-state index contributed by atoms with van der Waals surface area (Å²) in [4.78, 5) is 11.1. The number of carboxylic acid groups (broad SMARTS) is 1. The van der Waals surface area contributed by atoms with Crippen LogP contribution in [0, 0.1) is 0 Å². The maximum Gasteiger partial charge on any atom is 0.339 e. The van der Waals surface area contributed by atoms with Crippen molar-refractivity contribution in [2.75, 3.05) is 7.11 Å². The first-order valence-corrected chi connectivity index (χ1v) is 5.93. The second-order valence-corrected chi connectivity index (χ2v) is 4.57. The summed E-state index contributed by atoms with van der Waals surface area (Å²) in [6.07, 6.45) is 1.48. The van der Waals surface area contributed by atoms with Crippen LogP contribution in [0.3, 0.4) is 0 Å². The van der Waals surface area contributed by atoms with E-state index in [4.69, 9.17) is 9.84 Å². The molecule has 1 heterocycles. The Morgan fingerprint density at radius 3 is 2.78 bits per heavy atom. The van der Waals surface area contributed by atoms with E-state index < -0.39 is 5.97 Å². The number of carbonyl (C=O) groups is 1. The molecule has 0 aliphatic carbocycles. The van der Waals surface area contributed by atoms with Crippen LogP contribution < -0.4 is 4.74 Å². The number of nitrogens with zero attached hydrogens (tertiary/aromatic N) is 2. The quantitative estimate of drug-likeness (QED) is 0.946. The number of hydrogen-bond acceptors (Lipinski definition) is 3. The minimum Gasteiger partial charge on any atom is -0.496 e. The Morgan fingerprint density at radius 1 is 1.50 bits per heavy atom. The first-order chi connectivity index (χ1) is 8.52. The molecule has 0 aliphatic heterocycles. The molecule has 1 aromatic heterocycles. The molecule has 0 saturated carbocycles. The highest BCUT2D eigenvalue weighted by Gasteiger charge is 2.16. The van der Waals surface area contributed by atoms with E-state index in [0.717, 1.165) is 10.0 Å². The van der Waals surface area contributed by atoms with E-state index in [-0.39, 0.29) is 5.56 Å². The lowest BCUT2D eigenvalue weighted by Crippen LogP contribution is -1.96. The third kappa shape index (κ3) is 2.24. The lowest BCUT2D eigenvalue weighted by Gasteiger charge is -2.05. The molecular weight excluding hydrogens is 300 g/mol. The second kappa shape index (κ2) is 4.81. The van der Waals surface area contributed by atoms with Crippen LogP contribution in [0.4, 0.5) is 0 Å². The normalized spacial score (nSPS) is 10.4. The molecule has 2 rings (SSSR count). The van der Waals surface area contributed by atoms with Gasteiger partial charge in [0.2, 0.25) is 0 Å². The number of rotatable bonds is 3. The van der Waals surface area contributed by atoms with Crippen LogP contribution in [0.2, 0.25) is 0 Å². The molecule has 0 unspecified atom stereocenters. The lowest BCUT2D eigenvalue weighted by molar-refractivity contribution is 0.0697. The number of hydrogen-bond donors (Lipinski definition) is 1. The number of benzene rings is 1. The smallest absolute Gasteiger partial charge is 0.339 e. The molecule has 0 aliphatic rings. The monoisotopic (exact) mass is 310 g/mol. The van der Waals surface area contributed by atoms with Gasteiger partial charge in [-0.1, -0.05) is 0 Å². The Balaban J connectivity index is 2.55. The van der Waals surface area contributed by atoms with Crippen LogP contribution >= 0.6 is 15.9 Å². The van der Waals surface area contributed by atoms with Crippen molar-refractivity contribution >= 4 is 21.9 Å². The first-order valence-electron chi connectivity index (χ1n) is 5.13. The van der Waals surface area contributed by atoms with Crippen molar-refractivity contribution in [3.8, 4) is 17.0 Å². The number of halogens is 1. The number of carboxylic acids is 1. The Hall–Kier alpha value is -1.82. The van der Waals surface area contributed by atoms with Gasteiger partial charge in [0.05, 0.1) is 11.6 Å². The van der Waals surface area contributed by atoms with Crippen LogP contribution in [0.15, 0.2) is 28.9 Å². The summed E-state index contributed by atoms with van der Waals surface area (Å²) in [6.45, 7) is 0. The number of aryl methyl sites for hydroxylation is 1. The topological polar surface area (TPSA) is 64.4 Å². The standard InChI is InChI=1S/C12H11BrN2O3/c1-15-6-8(12(16)17)11(14-15)7-3-4-10(18-2)9(13)5-7/h3-6H,1-2H3,(H,16,17). The first kappa shape index (κ1) is 12.6. The third-order valence-electron chi connectivity index (χ3n) is 2.48. The number of ether oxygens (including phenoxy) is 1. The Bertz CT molecular complexity index is 607. The number of aromatic nitrogens is 2. The minimum atomic E-state index is -0.995. The van der Waals surface area contributed by atoms with Gasteiger partial charge in [0, 0.05) is 18.8 Å². The van der Waals surface area contributed by atoms with Crippen molar-refractivity contribution < 1.29 is 14.6 Å². The van der Waals surface area contributed by atoms with Crippen molar-refractivity contribution in [2.24, 2.45) is 7.05 Å². The fraction of sp³-hybridized carbons (Fsp3) is 0.167. The maximum absolute atomic E-state index is 11.1. The van der Waals surface area contributed by atoms with Gasteiger partial charge in [-0.2, -0.15) is 5.10 Å². The van der Waals surface area contributed by atoms with E-state index in [2.05, 4.69) is 21.0 Å². The van der Waals surface area contributed by atoms with E-state index in [0.29, 0.717) is 11.4 Å². The van der Waals surface area contributed by atoms with Crippen molar-refractivity contribution in [1.29, 1.82) is 0 Å². The SMILES string of the molecule is COc1ccc(-c2nn(C)cc2C(=O)O)cc1Br. The molecule has 5 nitrogen and oxygen atoms in total. The Labute approximate surface area is 112 Å². The summed E-state index contributed by atoms with van der Waals surface area (Å²) in [5, 5.41) is 13.3. The largest absolute Gasteiger partial charge is 0.496 e. The van der Waals surface area contributed by atoms with Crippen LogP contribution in [0.1, 0.15) is 10.4 Å². The zero-order valence-corrected chi connectivity index (χ0v) is 11.4. The molecule has 0 fully saturated rings. The fourth-order valence-electron chi connectivity index (χ4n) is 1.67. The molecule has 18 heavy (non-hydrogen) atoms. The maximum atomic E-state index is 11.1.